The lowest BCUT2D eigenvalue weighted by Crippen LogP contribution is -2.58. The molecule has 0 radical (unpaired) electrons. The molecule has 1 aromatic carbocycles. The number of hydrogen-bond acceptors (Lipinski definition) is 9. The van der Waals surface area contributed by atoms with E-state index in [1.165, 1.54) is 6.08 Å². The predicted molar refractivity (Wildman–Crippen MR) is 182 cm³/mol. The van der Waals surface area contributed by atoms with E-state index in [1.807, 2.05) is 45.0 Å². The molecule has 5 heterocycles. The van der Waals surface area contributed by atoms with Crippen LogP contribution in [0.25, 0.3) is 38.9 Å². The van der Waals surface area contributed by atoms with Crippen LogP contribution in [-0.4, -0.2) is 70.7 Å². The van der Waals surface area contributed by atoms with E-state index in [0.29, 0.717) is 68.9 Å². The van der Waals surface area contributed by atoms with E-state index in [4.69, 9.17) is 37.3 Å². The molecule has 13 heteroatoms. The number of nitrogens with two attached hydrogens (primary N) is 1. The van der Waals surface area contributed by atoms with Crippen LogP contribution >= 0.6 is 11.6 Å². The Kier molecular flexibility index (Phi) is 6.83. The zero-order valence-electron chi connectivity index (χ0n) is 26.5. The number of anilines is 2. The molecule has 3 N–H and O–H groups in total. The highest BCUT2D eigenvalue weighted by Gasteiger charge is 2.38. The van der Waals surface area contributed by atoms with Crippen LogP contribution in [0.3, 0.4) is 0 Å². The Hall–Kier alpha value is -4.84. The van der Waals surface area contributed by atoms with Crippen molar-refractivity contribution < 1.29 is 4.79 Å². The first-order valence-electron chi connectivity index (χ1n) is 16.1. The van der Waals surface area contributed by atoms with Crippen LogP contribution in [-0.2, 0) is 4.79 Å². The van der Waals surface area contributed by atoms with Gasteiger partial charge in [-0.15, -0.1) is 0 Å². The fourth-order valence-electron chi connectivity index (χ4n) is 6.98. The van der Waals surface area contributed by atoms with Crippen LogP contribution in [0.5, 0.6) is 0 Å². The Bertz CT molecular complexity index is 2150. The van der Waals surface area contributed by atoms with Crippen LogP contribution < -0.4 is 16.3 Å². The molecule has 0 unspecified atom stereocenters. The standard InChI is InChI=1S/C34H35ClN10O2/c1-5-25(46)43-14-17(3)44(15-16(43)2)32-22-13-23(35)29(21-7-6-8-24-26(21)31(36)42-41-24)39-33(22)45(34(47)40-32)30-27(19-9-10-19)37-18(4)38-28(30)20-11-12-20/h5-8,13,16-17,19-20H,1,9-12,14-15H2,2-4H3,(H3,36,41,42)/t16-,17+/m1/s1. The van der Waals surface area contributed by atoms with Gasteiger partial charge in [-0.2, -0.15) is 10.1 Å². The van der Waals surface area contributed by atoms with Crippen molar-refractivity contribution in [1.82, 2.24) is 39.6 Å². The summed E-state index contributed by atoms with van der Waals surface area (Å²) in [6, 6.07) is 7.23. The smallest absolute Gasteiger partial charge is 0.355 e. The van der Waals surface area contributed by atoms with Gasteiger partial charge in [0.05, 0.1) is 44.1 Å². The van der Waals surface area contributed by atoms with Crippen molar-refractivity contribution in [2.45, 2.75) is 70.4 Å². The molecule has 2 saturated carbocycles. The number of aromatic amines is 1. The molecule has 47 heavy (non-hydrogen) atoms. The molecule has 0 spiro atoms. The van der Waals surface area contributed by atoms with Gasteiger partial charge in [0.1, 0.15) is 11.6 Å². The van der Waals surface area contributed by atoms with E-state index in [9.17, 15) is 9.59 Å². The molecule has 2 aliphatic carbocycles. The molecule has 4 aromatic heterocycles. The van der Waals surface area contributed by atoms with Crippen LogP contribution in [0, 0.1) is 6.92 Å². The zero-order chi connectivity index (χ0) is 32.7. The number of fused-ring (bicyclic) bond motifs is 2. The molecule has 8 rings (SSSR count). The summed E-state index contributed by atoms with van der Waals surface area (Å²) in [7, 11) is 0. The summed E-state index contributed by atoms with van der Waals surface area (Å²) in [5.74, 6) is 1.87. The predicted octanol–water partition coefficient (Wildman–Crippen LogP) is 5.02. The molecular weight excluding hydrogens is 616 g/mol. The SMILES string of the molecule is C=CC(=O)N1C[C@H](C)N(c2nc(=O)n(-c3c(C4CC4)nc(C)nc3C3CC3)c3nc(-c4cccc5[nH]nc(N)c45)c(Cl)cc23)C[C@H]1C. The third-order valence-electron chi connectivity index (χ3n) is 9.59. The average molecular weight is 651 g/mol. The number of pyridine rings is 1. The highest BCUT2D eigenvalue weighted by atomic mass is 35.5. The second-order valence-electron chi connectivity index (χ2n) is 13.1. The van der Waals surface area contributed by atoms with Crippen LogP contribution in [0.1, 0.15) is 68.6 Å². The number of piperazine rings is 1. The van der Waals surface area contributed by atoms with Crippen molar-refractivity contribution in [2.75, 3.05) is 23.7 Å². The minimum absolute atomic E-state index is 0.126. The molecule has 3 fully saturated rings. The maximum atomic E-state index is 14.5. The van der Waals surface area contributed by atoms with E-state index in [-0.39, 0.29) is 29.8 Å². The highest BCUT2D eigenvalue weighted by molar-refractivity contribution is 6.34. The number of nitrogens with one attached hydrogen (secondary N) is 1. The van der Waals surface area contributed by atoms with Gasteiger partial charge < -0.3 is 15.5 Å². The minimum Gasteiger partial charge on any atom is -0.382 e. The van der Waals surface area contributed by atoms with Gasteiger partial charge >= 0.3 is 5.69 Å². The first-order valence-corrected chi connectivity index (χ1v) is 16.5. The molecule has 1 aliphatic heterocycles. The number of aryl methyl sites for hydroxylation is 1. The van der Waals surface area contributed by atoms with E-state index in [2.05, 4.69) is 21.7 Å². The number of nitrogen functional groups attached to an aromatic ring is 1. The number of benzene rings is 1. The summed E-state index contributed by atoms with van der Waals surface area (Å²) < 4.78 is 1.61. The summed E-state index contributed by atoms with van der Waals surface area (Å²) >= 11 is 7.10. The van der Waals surface area contributed by atoms with Gasteiger partial charge in [0.25, 0.3) is 0 Å². The number of nitrogens with zero attached hydrogens (tertiary/aromatic N) is 8. The number of halogens is 1. The summed E-state index contributed by atoms with van der Waals surface area (Å²) in [6.45, 7) is 10.5. The molecule has 1 amide bonds. The second kappa shape index (κ2) is 10.9. The number of amides is 1. The number of H-pyrrole nitrogens is 1. The Balaban J connectivity index is 1.42. The monoisotopic (exact) mass is 650 g/mol. The van der Waals surface area contributed by atoms with Gasteiger partial charge in [0.15, 0.2) is 11.5 Å². The van der Waals surface area contributed by atoms with Gasteiger partial charge in [0.2, 0.25) is 5.91 Å². The maximum Gasteiger partial charge on any atom is 0.355 e. The Morgan fingerprint density at radius 2 is 1.74 bits per heavy atom. The summed E-state index contributed by atoms with van der Waals surface area (Å²) in [5, 5.41) is 8.88. The van der Waals surface area contributed by atoms with Crippen molar-refractivity contribution in [3.63, 3.8) is 0 Å². The number of carbonyl (C=O) groups is 1. The molecule has 240 valence electrons. The lowest BCUT2D eigenvalue weighted by atomic mass is 10.0. The second-order valence-corrected chi connectivity index (χ2v) is 13.5. The summed E-state index contributed by atoms with van der Waals surface area (Å²) in [5.41, 5.74) is 10.6. The summed E-state index contributed by atoms with van der Waals surface area (Å²) in [6.07, 6.45) is 5.34. The molecule has 2 atom stereocenters. The van der Waals surface area contributed by atoms with Crippen molar-refractivity contribution in [3.8, 4) is 16.9 Å². The molecule has 3 aliphatic rings. The van der Waals surface area contributed by atoms with Gasteiger partial charge in [-0.1, -0.05) is 30.3 Å². The zero-order valence-corrected chi connectivity index (χ0v) is 27.3. The van der Waals surface area contributed by atoms with E-state index < -0.39 is 5.69 Å². The van der Waals surface area contributed by atoms with E-state index in [1.54, 1.807) is 9.47 Å². The number of rotatable bonds is 6. The number of hydrogen-bond donors (Lipinski definition) is 2. The minimum atomic E-state index is -0.463. The third-order valence-corrected chi connectivity index (χ3v) is 9.88. The van der Waals surface area contributed by atoms with Crippen molar-refractivity contribution >= 4 is 51.1 Å². The molecular formula is C34H35ClN10O2. The Morgan fingerprint density at radius 1 is 1.04 bits per heavy atom. The van der Waals surface area contributed by atoms with Crippen molar-refractivity contribution in [1.29, 1.82) is 0 Å². The van der Waals surface area contributed by atoms with E-state index >= 15 is 0 Å². The van der Waals surface area contributed by atoms with Gasteiger partial charge in [-0.05, 0) is 64.7 Å². The number of carbonyl (C=O) groups excluding carboxylic acids is 1. The van der Waals surface area contributed by atoms with Gasteiger partial charge in [-0.25, -0.2) is 24.3 Å². The van der Waals surface area contributed by atoms with E-state index in [0.717, 1.165) is 42.6 Å². The number of aromatic nitrogens is 7. The average Bonchev–Trinajstić information content (AvgIpc) is 3.99. The highest BCUT2D eigenvalue weighted by Crippen LogP contribution is 2.48. The molecule has 1 saturated heterocycles. The lowest BCUT2D eigenvalue weighted by molar-refractivity contribution is -0.128. The molecule has 5 aromatic rings. The Labute approximate surface area is 275 Å². The quantitative estimate of drug-likeness (QED) is 0.241. The van der Waals surface area contributed by atoms with Gasteiger partial charge in [-0.3, -0.25) is 9.89 Å². The maximum absolute atomic E-state index is 14.5. The summed E-state index contributed by atoms with van der Waals surface area (Å²) in [4.78, 5) is 50.8. The molecule has 12 nitrogen and oxygen atoms in total. The third kappa shape index (κ3) is 4.84. The van der Waals surface area contributed by atoms with Crippen LogP contribution in [0.2, 0.25) is 5.02 Å². The fraction of sp³-hybridized carbons (Fsp3) is 0.382. The first kappa shape index (κ1) is 29.6. The van der Waals surface area contributed by atoms with Crippen molar-refractivity contribution in [3.05, 3.63) is 69.6 Å². The fourth-order valence-corrected chi connectivity index (χ4v) is 7.23. The topological polar surface area (TPSA) is 152 Å². The Morgan fingerprint density at radius 3 is 2.40 bits per heavy atom. The van der Waals surface area contributed by atoms with Gasteiger partial charge in [0, 0.05) is 42.6 Å². The molecule has 0 bridgehead atoms. The van der Waals surface area contributed by atoms with Crippen LogP contribution in [0.4, 0.5) is 11.6 Å². The van der Waals surface area contributed by atoms with Crippen molar-refractivity contribution in [2.24, 2.45) is 0 Å². The lowest BCUT2D eigenvalue weighted by Gasteiger charge is -2.44. The normalized spacial score (nSPS) is 19.9. The van der Waals surface area contributed by atoms with Crippen LogP contribution in [0.15, 0.2) is 41.7 Å². The first-order chi connectivity index (χ1) is 22.6. The largest absolute Gasteiger partial charge is 0.382 e.